The van der Waals surface area contributed by atoms with Crippen molar-refractivity contribution in [3.63, 3.8) is 0 Å². The second-order valence-corrected chi connectivity index (χ2v) is 11.7. The van der Waals surface area contributed by atoms with Crippen LogP contribution in [0.5, 0.6) is 0 Å². The molecule has 2 aromatic rings. The second kappa shape index (κ2) is 9.18. The summed E-state index contributed by atoms with van der Waals surface area (Å²) in [6.07, 6.45) is 0.803. The minimum atomic E-state index is -3.94. The van der Waals surface area contributed by atoms with Crippen LogP contribution in [-0.2, 0) is 14.6 Å². The zero-order valence-electron chi connectivity index (χ0n) is 18.7. The third kappa shape index (κ3) is 4.46. The molecular formula is C24H26ClF2NO5S. The van der Waals surface area contributed by atoms with Crippen LogP contribution in [0.1, 0.15) is 43.5 Å². The summed E-state index contributed by atoms with van der Waals surface area (Å²) in [5.74, 6) is -3.43. The number of anilines is 1. The number of aliphatic hydroxyl groups is 1. The molecule has 2 aromatic carbocycles. The van der Waals surface area contributed by atoms with E-state index in [1.165, 1.54) is 24.3 Å². The van der Waals surface area contributed by atoms with Gasteiger partial charge in [-0.25, -0.2) is 17.2 Å². The minimum absolute atomic E-state index is 0.00601. The van der Waals surface area contributed by atoms with Gasteiger partial charge in [0.05, 0.1) is 27.4 Å². The first kappa shape index (κ1) is 25.0. The Bertz CT molecular complexity index is 1220. The lowest BCUT2D eigenvalue weighted by Gasteiger charge is -2.46. The molecule has 1 saturated heterocycles. The van der Waals surface area contributed by atoms with Crippen molar-refractivity contribution >= 4 is 33.0 Å². The fourth-order valence-electron chi connectivity index (χ4n) is 5.05. The molecule has 1 aliphatic heterocycles. The summed E-state index contributed by atoms with van der Waals surface area (Å²) < 4.78 is 59.2. The van der Waals surface area contributed by atoms with E-state index in [0.29, 0.717) is 13.0 Å². The number of hydrogen-bond donors (Lipinski definition) is 2. The van der Waals surface area contributed by atoms with Gasteiger partial charge in [0, 0.05) is 17.3 Å². The fraction of sp³-hybridized carbons (Fsp3) is 0.458. The summed E-state index contributed by atoms with van der Waals surface area (Å²) in [6, 6.07) is 6.79. The Labute approximate surface area is 202 Å². The maximum Gasteiger partial charge on any atom is 0.255 e. The van der Waals surface area contributed by atoms with Crippen molar-refractivity contribution in [2.45, 2.75) is 55.0 Å². The zero-order chi connectivity index (χ0) is 24.8. The van der Waals surface area contributed by atoms with Crippen molar-refractivity contribution in [3.8, 4) is 0 Å². The molecule has 1 amide bonds. The average Bonchev–Trinajstić information content (AvgIpc) is 3.64. The van der Waals surface area contributed by atoms with Crippen molar-refractivity contribution < 1.29 is 31.8 Å². The number of amides is 1. The molecule has 2 aliphatic rings. The smallest absolute Gasteiger partial charge is 0.255 e. The van der Waals surface area contributed by atoms with Gasteiger partial charge < -0.3 is 15.2 Å². The largest absolute Gasteiger partial charge is 0.387 e. The number of halogens is 3. The molecule has 2 fully saturated rings. The number of hydrogen-bond acceptors (Lipinski definition) is 5. The third-order valence-corrected chi connectivity index (χ3v) is 9.72. The Kier molecular flexibility index (Phi) is 6.76. The molecule has 1 aliphatic carbocycles. The normalized spacial score (nSPS) is 29.0. The maximum atomic E-state index is 13.6. The van der Waals surface area contributed by atoms with Gasteiger partial charge in [-0.2, -0.15) is 0 Å². The maximum absolute atomic E-state index is 13.6. The summed E-state index contributed by atoms with van der Waals surface area (Å²) in [7, 11) is -3.94. The number of rotatable bonds is 6. The SMILES string of the molecule is CC[C@@H]1C[C@@H](S(=O)(=O)c2cc(C(=O)Nc3ccc(F)c(F)c3)ccc2Cl)C[C@H](C)[C@@]1(O)C1CO1. The number of benzene rings is 2. The van der Waals surface area contributed by atoms with Crippen molar-refractivity contribution in [2.24, 2.45) is 11.8 Å². The Balaban J connectivity index is 1.60. The molecule has 34 heavy (non-hydrogen) atoms. The van der Waals surface area contributed by atoms with Crippen LogP contribution in [0.4, 0.5) is 14.5 Å². The third-order valence-electron chi connectivity index (χ3n) is 7.07. The quantitative estimate of drug-likeness (QED) is 0.550. The first-order valence-electron chi connectivity index (χ1n) is 11.1. The molecule has 184 valence electrons. The van der Waals surface area contributed by atoms with E-state index >= 15 is 0 Å². The highest BCUT2D eigenvalue weighted by Gasteiger charge is 2.57. The molecule has 1 unspecified atom stereocenters. The Hall–Kier alpha value is -2.07. The van der Waals surface area contributed by atoms with E-state index in [-0.39, 0.29) is 52.0 Å². The van der Waals surface area contributed by atoms with Crippen LogP contribution >= 0.6 is 11.6 Å². The number of ether oxygens (including phenoxy) is 1. The molecule has 0 radical (unpaired) electrons. The topological polar surface area (TPSA) is 96.0 Å². The van der Waals surface area contributed by atoms with Crippen LogP contribution in [-0.4, -0.2) is 43.0 Å². The van der Waals surface area contributed by atoms with Gasteiger partial charge in [-0.15, -0.1) is 0 Å². The highest BCUT2D eigenvalue weighted by Crippen LogP contribution is 2.49. The highest BCUT2D eigenvalue weighted by molar-refractivity contribution is 7.92. The second-order valence-electron chi connectivity index (χ2n) is 9.08. The lowest BCUT2D eigenvalue weighted by Crippen LogP contribution is -2.55. The van der Waals surface area contributed by atoms with Crippen LogP contribution in [0.3, 0.4) is 0 Å². The molecule has 0 bridgehead atoms. The van der Waals surface area contributed by atoms with Gasteiger partial charge in [0.15, 0.2) is 21.5 Å². The standard InChI is InChI=1S/C24H26ClF2NO5S/c1-3-15-10-17(8-13(2)24(15,30)22-12-33-22)34(31,32)21-9-14(4-6-18(21)25)23(29)28-16-5-7-19(26)20(27)11-16/h4-7,9,11,13,15,17,22,30H,3,8,10,12H2,1-2H3,(H,28,29)/t13-,15+,17-,22?,24-/m0/s1. The summed E-state index contributed by atoms with van der Waals surface area (Å²) in [6.45, 7) is 4.21. The summed E-state index contributed by atoms with van der Waals surface area (Å²) in [4.78, 5) is 12.5. The Morgan fingerprint density at radius 3 is 2.53 bits per heavy atom. The van der Waals surface area contributed by atoms with Gasteiger partial charge in [0.2, 0.25) is 0 Å². The summed E-state index contributed by atoms with van der Waals surface area (Å²) in [5.41, 5.74) is -1.04. The van der Waals surface area contributed by atoms with Crippen molar-refractivity contribution in [1.82, 2.24) is 0 Å². The number of sulfone groups is 1. The predicted molar refractivity (Wildman–Crippen MR) is 124 cm³/mol. The molecule has 1 heterocycles. The van der Waals surface area contributed by atoms with E-state index < -0.39 is 38.2 Å². The summed E-state index contributed by atoms with van der Waals surface area (Å²) >= 11 is 6.25. The number of nitrogens with one attached hydrogen (secondary N) is 1. The van der Waals surface area contributed by atoms with Gasteiger partial charge in [-0.05, 0) is 55.0 Å². The van der Waals surface area contributed by atoms with E-state index in [1.54, 1.807) is 0 Å². The van der Waals surface area contributed by atoms with E-state index in [0.717, 1.165) is 12.1 Å². The van der Waals surface area contributed by atoms with E-state index in [9.17, 15) is 27.1 Å². The van der Waals surface area contributed by atoms with Crippen LogP contribution in [0.25, 0.3) is 0 Å². The molecule has 4 rings (SSSR count). The number of epoxide rings is 1. The van der Waals surface area contributed by atoms with Crippen LogP contribution in [0.2, 0.25) is 5.02 Å². The molecule has 2 N–H and O–H groups in total. The van der Waals surface area contributed by atoms with Crippen LogP contribution in [0, 0.1) is 23.5 Å². The van der Waals surface area contributed by atoms with Crippen molar-refractivity contribution in [1.29, 1.82) is 0 Å². The molecule has 1 saturated carbocycles. The fourth-order valence-corrected chi connectivity index (χ4v) is 7.51. The zero-order valence-corrected chi connectivity index (χ0v) is 20.3. The predicted octanol–water partition coefficient (Wildman–Crippen LogP) is 4.60. The van der Waals surface area contributed by atoms with Gasteiger partial charge in [0.25, 0.3) is 5.91 Å². The lowest BCUT2D eigenvalue weighted by molar-refractivity contribution is -0.106. The summed E-state index contributed by atoms with van der Waals surface area (Å²) in [5, 5.41) is 12.9. The van der Waals surface area contributed by atoms with Gasteiger partial charge in [-0.3, -0.25) is 4.79 Å². The van der Waals surface area contributed by atoms with Crippen molar-refractivity contribution in [2.75, 3.05) is 11.9 Å². The van der Waals surface area contributed by atoms with Crippen LogP contribution < -0.4 is 5.32 Å². The van der Waals surface area contributed by atoms with E-state index in [1.807, 2.05) is 13.8 Å². The first-order valence-corrected chi connectivity index (χ1v) is 13.0. The molecule has 10 heteroatoms. The Morgan fingerprint density at radius 1 is 1.21 bits per heavy atom. The molecule has 5 atom stereocenters. The van der Waals surface area contributed by atoms with Gasteiger partial charge >= 0.3 is 0 Å². The van der Waals surface area contributed by atoms with Crippen molar-refractivity contribution in [3.05, 3.63) is 58.6 Å². The van der Waals surface area contributed by atoms with Crippen LogP contribution in [0.15, 0.2) is 41.3 Å². The number of carbonyl (C=O) groups is 1. The molecule has 6 nitrogen and oxygen atoms in total. The van der Waals surface area contributed by atoms with Gasteiger partial charge in [0.1, 0.15) is 6.10 Å². The molecular weight excluding hydrogens is 488 g/mol. The Morgan fingerprint density at radius 2 is 1.91 bits per heavy atom. The van der Waals surface area contributed by atoms with E-state index in [4.69, 9.17) is 16.3 Å². The van der Waals surface area contributed by atoms with E-state index in [2.05, 4.69) is 5.32 Å². The average molecular weight is 514 g/mol. The minimum Gasteiger partial charge on any atom is -0.387 e. The first-order chi connectivity index (χ1) is 16.0. The lowest BCUT2D eigenvalue weighted by atomic mass is 9.66. The molecule has 0 spiro atoms. The monoisotopic (exact) mass is 513 g/mol. The highest BCUT2D eigenvalue weighted by atomic mass is 35.5. The number of carbonyl (C=O) groups excluding carboxylic acids is 1. The van der Waals surface area contributed by atoms with Gasteiger partial charge in [-0.1, -0.05) is 31.9 Å². The molecule has 0 aromatic heterocycles.